The Bertz CT molecular complexity index is 824. The highest BCUT2D eigenvalue weighted by Gasteiger charge is 2.18. The molecule has 5 nitrogen and oxygen atoms in total. The Morgan fingerprint density at radius 3 is 2.84 bits per heavy atom. The van der Waals surface area contributed by atoms with Crippen LogP contribution in [0.5, 0.6) is 0 Å². The summed E-state index contributed by atoms with van der Waals surface area (Å²) < 4.78 is 13.5. The van der Waals surface area contributed by atoms with E-state index in [0.29, 0.717) is 11.3 Å². The van der Waals surface area contributed by atoms with E-state index in [2.05, 4.69) is 22.6 Å². The van der Waals surface area contributed by atoms with Gasteiger partial charge in [-0.05, 0) is 72.9 Å². The lowest BCUT2D eigenvalue weighted by Crippen LogP contribution is -2.22. The molecule has 3 rings (SSSR count). The lowest BCUT2D eigenvalue weighted by Gasteiger charge is -2.23. The number of rotatable bonds is 5. The molecule has 134 valence electrons. The number of nitrogens with zero attached hydrogens (tertiary/aromatic N) is 1. The third-order valence-corrected chi connectivity index (χ3v) is 5.33. The van der Waals surface area contributed by atoms with Crippen molar-refractivity contribution in [2.45, 2.75) is 32.7 Å². The molecule has 2 heterocycles. The smallest absolute Gasteiger partial charge is 0.343 e. The van der Waals surface area contributed by atoms with E-state index < -0.39 is 5.97 Å². The van der Waals surface area contributed by atoms with Gasteiger partial charge in [-0.25, -0.2) is 4.79 Å². The van der Waals surface area contributed by atoms with E-state index in [4.69, 9.17) is 9.47 Å². The average Bonchev–Trinajstić information content (AvgIpc) is 2.62. The standard InChI is InChI=1S/C19H22INO4/c1-2-25-19(23)16-12-21(8-5-13-6-9-24-10-7-13)17-4-3-14(20)11-15(17)18(16)22/h3-4,11-13H,2,5-10H2,1H3. The van der Waals surface area contributed by atoms with Crippen molar-refractivity contribution in [3.8, 4) is 0 Å². The lowest BCUT2D eigenvalue weighted by molar-refractivity contribution is 0.0524. The Balaban J connectivity index is 1.98. The molecule has 2 aromatic rings. The van der Waals surface area contributed by atoms with Crippen molar-refractivity contribution in [3.63, 3.8) is 0 Å². The molecule has 0 aliphatic carbocycles. The summed E-state index contributed by atoms with van der Waals surface area (Å²) in [5.74, 6) is 0.0752. The predicted octanol–water partition coefficient (Wildman–Crippen LogP) is 3.60. The number of carbonyl (C=O) groups excluding carboxylic acids is 1. The van der Waals surface area contributed by atoms with E-state index in [9.17, 15) is 9.59 Å². The first-order chi connectivity index (χ1) is 12.1. The fourth-order valence-electron chi connectivity index (χ4n) is 3.27. The van der Waals surface area contributed by atoms with Crippen LogP contribution in [0.15, 0.2) is 29.2 Å². The lowest BCUT2D eigenvalue weighted by atomic mass is 9.96. The van der Waals surface area contributed by atoms with Gasteiger partial charge in [0.25, 0.3) is 0 Å². The van der Waals surface area contributed by atoms with Gasteiger partial charge in [-0.2, -0.15) is 0 Å². The number of fused-ring (bicyclic) bond motifs is 1. The van der Waals surface area contributed by atoms with Gasteiger partial charge in [0, 0.05) is 34.9 Å². The van der Waals surface area contributed by atoms with Crippen LogP contribution in [0.4, 0.5) is 0 Å². The van der Waals surface area contributed by atoms with Crippen molar-refractivity contribution in [3.05, 3.63) is 43.8 Å². The summed E-state index contributed by atoms with van der Waals surface area (Å²) in [7, 11) is 0. The number of hydrogen-bond donors (Lipinski definition) is 0. The molecule has 0 bridgehead atoms. The van der Waals surface area contributed by atoms with Gasteiger partial charge in [0.05, 0.1) is 12.1 Å². The van der Waals surface area contributed by atoms with Gasteiger partial charge in [0.15, 0.2) is 0 Å². The summed E-state index contributed by atoms with van der Waals surface area (Å²) in [5.41, 5.74) is 0.725. The zero-order valence-corrected chi connectivity index (χ0v) is 16.5. The minimum atomic E-state index is -0.548. The van der Waals surface area contributed by atoms with Crippen LogP contribution in [0.1, 0.15) is 36.5 Å². The number of esters is 1. The number of benzene rings is 1. The second-order valence-electron chi connectivity index (χ2n) is 6.29. The molecule has 0 amide bonds. The SMILES string of the molecule is CCOC(=O)c1cn(CCC2CCOCC2)c2ccc(I)cc2c1=O. The number of halogens is 1. The summed E-state index contributed by atoms with van der Waals surface area (Å²) >= 11 is 2.18. The van der Waals surface area contributed by atoms with Crippen molar-refractivity contribution < 1.29 is 14.3 Å². The van der Waals surface area contributed by atoms with Crippen molar-refractivity contribution in [2.75, 3.05) is 19.8 Å². The molecule has 0 saturated carbocycles. The van der Waals surface area contributed by atoms with Crippen LogP contribution in [-0.4, -0.2) is 30.4 Å². The quantitative estimate of drug-likeness (QED) is 0.511. The van der Waals surface area contributed by atoms with Gasteiger partial charge >= 0.3 is 5.97 Å². The second-order valence-corrected chi connectivity index (χ2v) is 7.54. The molecule has 25 heavy (non-hydrogen) atoms. The number of ether oxygens (including phenoxy) is 2. The number of aryl methyl sites for hydroxylation is 1. The second kappa shape index (κ2) is 8.31. The van der Waals surface area contributed by atoms with Crippen LogP contribution in [0, 0.1) is 9.49 Å². The van der Waals surface area contributed by atoms with Crippen LogP contribution < -0.4 is 5.43 Å². The monoisotopic (exact) mass is 455 g/mol. The highest BCUT2D eigenvalue weighted by atomic mass is 127. The molecule has 1 aromatic heterocycles. The third kappa shape index (κ3) is 4.23. The van der Waals surface area contributed by atoms with Crippen LogP contribution in [0.2, 0.25) is 0 Å². The van der Waals surface area contributed by atoms with Gasteiger partial charge in [-0.15, -0.1) is 0 Å². The van der Waals surface area contributed by atoms with E-state index in [1.807, 2.05) is 22.8 Å². The minimum absolute atomic E-state index is 0.114. The normalized spacial score (nSPS) is 15.4. The third-order valence-electron chi connectivity index (χ3n) is 4.66. The number of aromatic nitrogens is 1. The van der Waals surface area contributed by atoms with Crippen molar-refractivity contribution in [2.24, 2.45) is 5.92 Å². The molecule has 1 fully saturated rings. The maximum absolute atomic E-state index is 12.7. The highest BCUT2D eigenvalue weighted by molar-refractivity contribution is 14.1. The molecule has 0 atom stereocenters. The molecule has 1 aliphatic rings. The minimum Gasteiger partial charge on any atom is -0.462 e. The van der Waals surface area contributed by atoms with Gasteiger partial charge in [0.1, 0.15) is 5.56 Å². The summed E-state index contributed by atoms with van der Waals surface area (Å²) in [6, 6.07) is 5.78. The average molecular weight is 455 g/mol. The van der Waals surface area contributed by atoms with E-state index >= 15 is 0 Å². The number of hydrogen-bond acceptors (Lipinski definition) is 4. The summed E-state index contributed by atoms with van der Waals surface area (Å²) in [6.45, 7) is 4.41. The number of pyridine rings is 1. The molecule has 0 spiro atoms. The van der Waals surface area contributed by atoms with Crippen LogP contribution in [0.25, 0.3) is 10.9 Å². The first-order valence-corrected chi connectivity index (χ1v) is 9.75. The zero-order chi connectivity index (χ0) is 17.8. The van der Waals surface area contributed by atoms with Crippen molar-refractivity contribution >= 4 is 39.5 Å². The molecule has 1 saturated heterocycles. The summed E-state index contributed by atoms with van der Waals surface area (Å²) in [6.07, 6.45) is 4.81. The van der Waals surface area contributed by atoms with Gasteiger partial charge in [0.2, 0.25) is 5.43 Å². The molecule has 0 N–H and O–H groups in total. The first kappa shape index (κ1) is 18.4. The maximum Gasteiger partial charge on any atom is 0.343 e. The van der Waals surface area contributed by atoms with E-state index in [1.165, 1.54) is 0 Å². The highest BCUT2D eigenvalue weighted by Crippen LogP contribution is 2.22. The summed E-state index contributed by atoms with van der Waals surface area (Å²) in [5, 5.41) is 0.574. The molecule has 0 unspecified atom stereocenters. The Hall–Kier alpha value is -1.41. The Morgan fingerprint density at radius 1 is 1.36 bits per heavy atom. The van der Waals surface area contributed by atoms with E-state index in [0.717, 1.165) is 48.1 Å². The van der Waals surface area contributed by atoms with Gasteiger partial charge in [-0.3, -0.25) is 4.79 Å². The zero-order valence-electron chi connectivity index (χ0n) is 14.3. The molecular formula is C19H22INO4. The summed E-state index contributed by atoms with van der Waals surface area (Å²) in [4.78, 5) is 24.9. The fourth-order valence-corrected chi connectivity index (χ4v) is 3.76. The number of carbonyl (C=O) groups is 1. The Labute approximate surface area is 160 Å². The van der Waals surface area contributed by atoms with Crippen LogP contribution in [-0.2, 0) is 16.0 Å². The maximum atomic E-state index is 12.7. The predicted molar refractivity (Wildman–Crippen MR) is 105 cm³/mol. The van der Waals surface area contributed by atoms with E-state index in [1.54, 1.807) is 13.1 Å². The van der Waals surface area contributed by atoms with Crippen LogP contribution >= 0.6 is 22.6 Å². The first-order valence-electron chi connectivity index (χ1n) is 8.67. The topological polar surface area (TPSA) is 57.5 Å². The van der Waals surface area contributed by atoms with Crippen molar-refractivity contribution in [1.82, 2.24) is 4.57 Å². The molecular weight excluding hydrogens is 433 g/mol. The Kier molecular flexibility index (Phi) is 6.11. The molecule has 1 aliphatic heterocycles. The van der Waals surface area contributed by atoms with E-state index in [-0.39, 0.29) is 17.6 Å². The Morgan fingerprint density at radius 2 is 2.12 bits per heavy atom. The van der Waals surface area contributed by atoms with Crippen molar-refractivity contribution in [1.29, 1.82) is 0 Å². The fraction of sp³-hybridized carbons (Fsp3) is 0.474. The molecule has 1 aromatic carbocycles. The van der Waals surface area contributed by atoms with Gasteiger partial charge in [-0.1, -0.05) is 0 Å². The molecule has 0 radical (unpaired) electrons. The largest absolute Gasteiger partial charge is 0.462 e. The van der Waals surface area contributed by atoms with Crippen LogP contribution in [0.3, 0.4) is 0 Å². The molecule has 6 heteroatoms. The van der Waals surface area contributed by atoms with Gasteiger partial charge < -0.3 is 14.0 Å².